The second-order valence-corrected chi connectivity index (χ2v) is 8.23. The SMILES string of the molecule is O=C(CSc1nnc(-c2ccc(Cl)cc2)n1-c1ccccc1)N/N=C/C=C/c1ccccc1. The topological polar surface area (TPSA) is 72.2 Å². The van der Waals surface area contributed by atoms with Crippen LogP contribution in [0.5, 0.6) is 0 Å². The van der Waals surface area contributed by atoms with Crippen molar-refractivity contribution in [1.29, 1.82) is 0 Å². The molecule has 1 amide bonds. The number of carbonyl (C=O) groups excluding carboxylic acids is 1. The van der Waals surface area contributed by atoms with E-state index in [0.29, 0.717) is 16.0 Å². The van der Waals surface area contributed by atoms with Crippen LogP contribution >= 0.6 is 23.4 Å². The molecular formula is C25H20ClN5OS. The molecule has 0 saturated carbocycles. The van der Waals surface area contributed by atoms with Gasteiger partial charge in [0.15, 0.2) is 11.0 Å². The summed E-state index contributed by atoms with van der Waals surface area (Å²) < 4.78 is 1.92. The lowest BCUT2D eigenvalue weighted by molar-refractivity contribution is -0.118. The Morgan fingerprint density at radius 1 is 0.970 bits per heavy atom. The van der Waals surface area contributed by atoms with Gasteiger partial charge in [0.1, 0.15) is 0 Å². The molecular weight excluding hydrogens is 454 g/mol. The van der Waals surface area contributed by atoms with E-state index in [4.69, 9.17) is 11.6 Å². The van der Waals surface area contributed by atoms with E-state index in [1.54, 1.807) is 12.3 Å². The number of rotatable bonds is 8. The molecule has 0 aliphatic rings. The van der Waals surface area contributed by atoms with Crippen molar-refractivity contribution in [1.82, 2.24) is 20.2 Å². The summed E-state index contributed by atoms with van der Waals surface area (Å²) in [6.07, 6.45) is 5.22. The van der Waals surface area contributed by atoms with Crippen LogP contribution in [0.25, 0.3) is 23.2 Å². The molecule has 4 aromatic rings. The summed E-state index contributed by atoms with van der Waals surface area (Å²) in [5, 5.41) is 13.9. The number of aromatic nitrogens is 3. The van der Waals surface area contributed by atoms with Gasteiger partial charge in [-0.05, 0) is 48.0 Å². The average molecular weight is 474 g/mol. The second kappa shape index (κ2) is 11.3. The first kappa shape index (κ1) is 22.5. The average Bonchev–Trinajstić information content (AvgIpc) is 3.28. The number of halogens is 1. The monoisotopic (exact) mass is 473 g/mol. The van der Waals surface area contributed by atoms with Crippen molar-refractivity contribution in [3.05, 3.63) is 102 Å². The largest absolute Gasteiger partial charge is 0.272 e. The van der Waals surface area contributed by atoms with E-state index in [-0.39, 0.29) is 11.7 Å². The Bertz CT molecular complexity index is 1260. The van der Waals surface area contributed by atoms with E-state index >= 15 is 0 Å². The van der Waals surface area contributed by atoms with Crippen molar-refractivity contribution in [3.8, 4) is 17.1 Å². The molecule has 164 valence electrons. The van der Waals surface area contributed by atoms with Gasteiger partial charge >= 0.3 is 0 Å². The van der Waals surface area contributed by atoms with Gasteiger partial charge in [-0.1, -0.05) is 78.0 Å². The number of benzene rings is 3. The van der Waals surface area contributed by atoms with Crippen LogP contribution in [0, 0.1) is 0 Å². The van der Waals surface area contributed by atoms with Crippen molar-refractivity contribution >= 4 is 41.6 Å². The fourth-order valence-electron chi connectivity index (χ4n) is 2.99. The van der Waals surface area contributed by atoms with Crippen LogP contribution in [0.3, 0.4) is 0 Å². The molecule has 1 heterocycles. The maximum atomic E-state index is 12.3. The van der Waals surface area contributed by atoms with E-state index in [2.05, 4.69) is 20.7 Å². The number of thioether (sulfide) groups is 1. The van der Waals surface area contributed by atoms with Gasteiger partial charge in [0.2, 0.25) is 0 Å². The molecule has 0 atom stereocenters. The Morgan fingerprint density at radius 3 is 2.39 bits per heavy atom. The van der Waals surface area contributed by atoms with E-state index in [1.807, 2.05) is 95.6 Å². The van der Waals surface area contributed by atoms with E-state index in [0.717, 1.165) is 16.8 Å². The summed E-state index contributed by atoms with van der Waals surface area (Å²) in [4.78, 5) is 12.3. The summed E-state index contributed by atoms with van der Waals surface area (Å²) >= 11 is 7.32. The zero-order valence-corrected chi connectivity index (χ0v) is 19.1. The Kier molecular flexibility index (Phi) is 7.68. The highest BCUT2D eigenvalue weighted by molar-refractivity contribution is 7.99. The number of nitrogens with one attached hydrogen (secondary N) is 1. The lowest BCUT2D eigenvalue weighted by Crippen LogP contribution is -2.19. The van der Waals surface area contributed by atoms with Crippen molar-refractivity contribution in [3.63, 3.8) is 0 Å². The zero-order chi connectivity index (χ0) is 22.9. The standard InChI is InChI=1S/C25H20ClN5OS/c26-21-15-13-20(14-16-21)24-29-30-25(31(24)22-11-5-2-6-12-22)33-18-23(32)28-27-17-7-10-19-8-3-1-4-9-19/h1-17H,18H2,(H,28,32)/b10-7+,27-17+. The third-order valence-electron chi connectivity index (χ3n) is 4.52. The highest BCUT2D eigenvalue weighted by atomic mass is 35.5. The van der Waals surface area contributed by atoms with Gasteiger partial charge in [-0.25, -0.2) is 5.43 Å². The van der Waals surface area contributed by atoms with E-state index < -0.39 is 0 Å². The number of hydrazone groups is 1. The van der Waals surface area contributed by atoms with Crippen LogP contribution in [0.1, 0.15) is 5.56 Å². The first-order valence-corrected chi connectivity index (χ1v) is 11.5. The molecule has 0 fully saturated rings. The minimum atomic E-state index is -0.236. The number of carbonyl (C=O) groups is 1. The summed E-state index contributed by atoms with van der Waals surface area (Å²) in [5.74, 6) is 0.579. The maximum absolute atomic E-state index is 12.3. The van der Waals surface area contributed by atoms with Crippen LogP contribution in [0.4, 0.5) is 0 Å². The van der Waals surface area contributed by atoms with E-state index in [9.17, 15) is 4.79 Å². The van der Waals surface area contributed by atoms with Gasteiger partial charge in [0.25, 0.3) is 5.91 Å². The number of para-hydroxylation sites is 1. The lowest BCUT2D eigenvalue weighted by atomic mass is 10.2. The first-order valence-electron chi connectivity index (χ1n) is 10.1. The molecule has 3 aromatic carbocycles. The quantitative estimate of drug-likeness (QED) is 0.208. The second-order valence-electron chi connectivity index (χ2n) is 6.86. The number of nitrogens with zero attached hydrogens (tertiary/aromatic N) is 4. The summed E-state index contributed by atoms with van der Waals surface area (Å²) in [7, 11) is 0. The molecule has 0 bridgehead atoms. The molecule has 1 N–H and O–H groups in total. The fourth-order valence-corrected chi connectivity index (χ4v) is 3.86. The van der Waals surface area contributed by atoms with Crippen molar-refractivity contribution in [2.75, 3.05) is 5.75 Å². The molecule has 6 nitrogen and oxygen atoms in total. The number of amides is 1. The van der Waals surface area contributed by atoms with Gasteiger partial charge in [0.05, 0.1) is 5.75 Å². The third-order valence-corrected chi connectivity index (χ3v) is 5.70. The summed E-state index contributed by atoms with van der Waals surface area (Å²) in [6, 6.07) is 27.0. The van der Waals surface area contributed by atoms with Crippen LogP contribution in [0.2, 0.25) is 5.02 Å². The maximum Gasteiger partial charge on any atom is 0.250 e. The number of hydrogen-bond acceptors (Lipinski definition) is 5. The lowest BCUT2D eigenvalue weighted by Gasteiger charge is -2.10. The Morgan fingerprint density at radius 2 is 1.67 bits per heavy atom. The minimum absolute atomic E-state index is 0.144. The van der Waals surface area contributed by atoms with Gasteiger partial charge in [-0.15, -0.1) is 10.2 Å². The van der Waals surface area contributed by atoms with Gasteiger partial charge in [0, 0.05) is 22.5 Å². The number of hydrogen-bond donors (Lipinski definition) is 1. The smallest absolute Gasteiger partial charge is 0.250 e. The Balaban J connectivity index is 1.43. The Hall–Kier alpha value is -3.68. The van der Waals surface area contributed by atoms with Crippen molar-refractivity contribution in [2.45, 2.75) is 5.16 Å². The summed E-state index contributed by atoms with van der Waals surface area (Å²) in [6.45, 7) is 0. The molecule has 33 heavy (non-hydrogen) atoms. The zero-order valence-electron chi connectivity index (χ0n) is 17.5. The molecule has 4 rings (SSSR count). The predicted octanol–water partition coefficient (Wildman–Crippen LogP) is 5.50. The summed E-state index contributed by atoms with van der Waals surface area (Å²) in [5.41, 5.74) is 5.37. The van der Waals surface area contributed by atoms with Crippen molar-refractivity contribution < 1.29 is 4.79 Å². The highest BCUT2D eigenvalue weighted by Crippen LogP contribution is 2.28. The van der Waals surface area contributed by atoms with Crippen LogP contribution in [-0.4, -0.2) is 32.6 Å². The third kappa shape index (κ3) is 6.19. The Labute approximate surface area is 201 Å². The van der Waals surface area contributed by atoms with E-state index in [1.165, 1.54) is 11.8 Å². The van der Waals surface area contributed by atoms with Crippen LogP contribution in [0.15, 0.2) is 101 Å². The molecule has 0 unspecified atom stereocenters. The molecule has 0 spiro atoms. The molecule has 0 radical (unpaired) electrons. The number of allylic oxidation sites excluding steroid dienone is 1. The van der Waals surface area contributed by atoms with Gasteiger partial charge in [-0.2, -0.15) is 5.10 Å². The molecule has 1 aromatic heterocycles. The first-order chi connectivity index (χ1) is 16.2. The molecule has 0 saturated heterocycles. The molecule has 0 aliphatic carbocycles. The highest BCUT2D eigenvalue weighted by Gasteiger charge is 2.17. The predicted molar refractivity (Wildman–Crippen MR) is 135 cm³/mol. The normalized spacial score (nSPS) is 11.3. The molecule has 0 aliphatic heterocycles. The van der Waals surface area contributed by atoms with Gasteiger partial charge in [-0.3, -0.25) is 9.36 Å². The van der Waals surface area contributed by atoms with Crippen LogP contribution < -0.4 is 5.43 Å². The minimum Gasteiger partial charge on any atom is -0.272 e. The van der Waals surface area contributed by atoms with Crippen LogP contribution in [-0.2, 0) is 4.79 Å². The fraction of sp³-hybridized carbons (Fsp3) is 0.0400. The van der Waals surface area contributed by atoms with Gasteiger partial charge < -0.3 is 0 Å². The molecule has 8 heteroatoms. The van der Waals surface area contributed by atoms with Crippen molar-refractivity contribution in [2.24, 2.45) is 5.10 Å².